The number of esters is 1. The van der Waals surface area contributed by atoms with E-state index in [4.69, 9.17) is 4.74 Å². The van der Waals surface area contributed by atoms with Crippen LogP contribution in [-0.4, -0.2) is 35.9 Å². The molecule has 0 spiro atoms. The number of amides is 2. The first kappa shape index (κ1) is 17.6. The van der Waals surface area contributed by atoms with Crippen LogP contribution in [0.5, 0.6) is 0 Å². The van der Waals surface area contributed by atoms with Gasteiger partial charge in [-0.1, -0.05) is 6.07 Å². The minimum absolute atomic E-state index is 0.0132. The molecule has 0 aliphatic carbocycles. The molecule has 1 aromatic heterocycles. The van der Waals surface area contributed by atoms with Crippen LogP contribution in [0.25, 0.3) is 0 Å². The Morgan fingerprint density at radius 1 is 1.27 bits per heavy atom. The van der Waals surface area contributed by atoms with Crippen molar-refractivity contribution in [3.63, 3.8) is 0 Å². The molecule has 0 aromatic carbocycles. The molecule has 1 aromatic rings. The lowest BCUT2D eigenvalue weighted by Crippen LogP contribution is -2.35. The largest absolute Gasteiger partial charge is 0.466 e. The van der Waals surface area contributed by atoms with Crippen molar-refractivity contribution in [2.75, 3.05) is 13.2 Å². The Labute approximate surface area is 129 Å². The number of nitrogens with one attached hydrogen (secondary N) is 2. The summed E-state index contributed by atoms with van der Waals surface area (Å²) in [6, 6.07) is 2.89. The molecule has 22 heavy (non-hydrogen) atoms. The van der Waals surface area contributed by atoms with E-state index in [1.54, 1.807) is 38.4 Å². The lowest BCUT2D eigenvalue weighted by Gasteiger charge is -2.18. The van der Waals surface area contributed by atoms with Gasteiger partial charge in [-0.15, -0.1) is 0 Å². The number of carbonyl (C=O) groups excluding carboxylic acids is 3. The number of rotatable bonds is 8. The monoisotopic (exact) mass is 307 g/mol. The standard InChI is InChI=1S/C15H21N3O4/c1-3-17-13(19)9-14(20)18-12(8-15(21)22-4-2)11-6-5-7-16-10-11/h5-7,10,12H,3-4,8-9H2,1-2H3,(H,17,19)(H,18,20)/t12-/m0/s1. The van der Waals surface area contributed by atoms with Crippen LogP contribution in [0.15, 0.2) is 24.5 Å². The van der Waals surface area contributed by atoms with Gasteiger partial charge in [-0.25, -0.2) is 0 Å². The summed E-state index contributed by atoms with van der Waals surface area (Å²) < 4.78 is 4.91. The van der Waals surface area contributed by atoms with Gasteiger partial charge in [0.2, 0.25) is 11.8 Å². The van der Waals surface area contributed by atoms with Gasteiger partial charge in [-0.05, 0) is 25.5 Å². The zero-order valence-electron chi connectivity index (χ0n) is 12.8. The molecule has 0 unspecified atom stereocenters. The van der Waals surface area contributed by atoms with Gasteiger partial charge in [0.15, 0.2) is 0 Å². The van der Waals surface area contributed by atoms with Crippen molar-refractivity contribution in [1.82, 2.24) is 15.6 Å². The quantitative estimate of drug-likeness (QED) is 0.545. The number of hydrogen-bond acceptors (Lipinski definition) is 5. The molecule has 120 valence electrons. The Balaban J connectivity index is 2.71. The van der Waals surface area contributed by atoms with Crippen molar-refractivity contribution in [3.05, 3.63) is 30.1 Å². The third-order valence-corrected chi connectivity index (χ3v) is 2.79. The average molecular weight is 307 g/mol. The minimum atomic E-state index is -0.574. The summed E-state index contributed by atoms with van der Waals surface area (Å²) in [6.45, 7) is 4.21. The minimum Gasteiger partial charge on any atom is -0.466 e. The van der Waals surface area contributed by atoms with Gasteiger partial charge in [0.25, 0.3) is 0 Å². The van der Waals surface area contributed by atoms with Crippen molar-refractivity contribution in [3.8, 4) is 0 Å². The summed E-state index contributed by atoms with van der Waals surface area (Å²) in [4.78, 5) is 39.0. The highest BCUT2D eigenvalue weighted by molar-refractivity contribution is 5.97. The molecule has 0 bridgehead atoms. The molecule has 2 N–H and O–H groups in total. The Morgan fingerprint density at radius 3 is 2.64 bits per heavy atom. The van der Waals surface area contributed by atoms with Gasteiger partial charge in [-0.2, -0.15) is 0 Å². The van der Waals surface area contributed by atoms with Gasteiger partial charge in [0.05, 0.1) is 19.1 Å². The fourth-order valence-corrected chi connectivity index (χ4v) is 1.87. The molecule has 1 heterocycles. The van der Waals surface area contributed by atoms with Gasteiger partial charge >= 0.3 is 5.97 Å². The number of hydrogen-bond donors (Lipinski definition) is 2. The van der Waals surface area contributed by atoms with Crippen LogP contribution in [-0.2, 0) is 19.1 Å². The predicted octanol–water partition coefficient (Wildman–Crippen LogP) is 0.718. The van der Waals surface area contributed by atoms with E-state index in [9.17, 15) is 14.4 Å². The Hall–Kier alpha value is -2.44. The zero-order chi connectivity index (χ0) is 16.4. The maximum absolute atomic E-state index is 11.9. The van der Waals surface area contributed by atoms with E-state index in [1.807, 2.05) is 0 Å². The number of carbonyl (C=O) groups is 3. The molecule has 7 nitrogen and oxygen atoms in total. The maximum Gasteiger partial charge on any atom is 0.308 e. The second-order valence-electron chi connectivity index (χ2n) is 4.55. The third kappa shape index (κ3) is 6.34. The second kappa shape index (κ2) is 9.49. The first-order valence-electron chi connectivity index (χ1n) is 7.18. The van der Waals surface area contributed by atoms with E-state index >= 15 is 0 Å². The molecule has 0 aliphatic rings. The van der Waals surface area contributed by atoms with Crippen molar-refractivity contribution in [1.29, 1.82) is 0 Å². The van der Waals surface area contributed by atoms with Crippen molar-refractivity contribution in [2.24, 2.45) is 0 Å². The molecule has 1 rings (SSSR count). The molecule has 0 aliphatic heterocycles. The lowest BCUT2D eigenvalue weighted by atomic mass is 10.1. The molecule has 1 atom stereocenters. The first-order valence-corrected chi connectivity index (χ1v) is 7.18. The van der Waals surface area contributed by atoms with Gasteiger partial charge in [0.1, 0.15) is 6.42 Å². The fourth-order valence-electron chi connectivity index (χ4n) is 1.87. The van der Waals surface area contributed by atoms with Crippen molar-refractivity contribution >= 4 is 17.8 Å². The van der Waals surface area contributed by atoms with E-state index < -0.39 is 17.9 Å². The van der Waals surface area contributed by atoms with E-state index in [-0.39, 0.29) is 25.4 Å². The Morgan fingerprint density at radius 2 is 2.05 bits per heavy atom. The van der Waals surface area contributed by atoms with Crippen LogP contribution in [0.3, 0.4) is 0 Å². The van der Waals surface area contributed by atoms with E-state index in [0.717, 1.165) is 0 Å². The summed E-state index contributed by atoms with van der Waals surface area (Å²) in [7, 11) is 0. The first-order chi connectivity index (χ1) is 10.6. The van der Waals surface area contributed by atoms with E-state index in [1.165, 1.54) is 0 Å². The fraction of sp³-hybridized carbons (Fsp3) is 0.467. The smallest absolute Gasteiger partial charge is 0.308 e. The van der Waals surface area contributed by atoms with Crippen molar-refractivity contribution in [2.45, 2.75) is 32.7 Å². The topological polar surface area (TPSA) is 97.4 Å². The van der Waals surface area contributed by atoms with Crippen LogP contribution in [0.4, 0.5) is 0 Å². The SMILES string of the molecule is CCNC(=O)CC(=O)N[C@@H](CC(=O)OCC)c1cccnc1. The van der Waals surface area contributed by atoms with Gasteiger partial charge < -0.3 is 15.4 Å². The maximum atomic E-state index is 11.9. The van der Waals surface area contributed by atoms with Crippen LogP contribution in [0.2, 0.25) is 0 Å². The summed E-state index contributed by atoms with van der Waals surface area (Å²) in [5.41, 5.74) is 0.680. The third-order valence-electron chi connectivity index (χ3n) is 2.79. The van der Waals surface area contributed by atoms with E-state index in [0.29, 0.717) is 12.1 Å². The zero-order valence-corrected chi connectivity index (χ0v) is 12.8. The summed E-state index contributed by atoms with van der Waals surface area (Å²) in [5.74, 6) is -1.24. The van der Waals surface area contributed by atoms with Gasteiger partial charge in [-0.3, -0.25) is 19.4 Å². The van der Waals surface area contributed by atoms with Crippen LogP contribution >= 0.6 is 0 Å². The number of nitrogens with zero attached hydrogens (tertiary/aromatic N) is 1. The normalized spacial score (nSPS) is 11.4. The second-order valence-corrected chi connectivity index (χ2v) is 4.55. The number of pyridine rings is 1. The molecular formula is C15H21N3O4. The van der Waals surface area contributed by atoms with Crippen LogP contribution in [0.1, 0.15) is 38.3 Å². The average Bonchev–Trinajstić information content (AvgIpc) is 2.47. The highest BCUT2D eigenvalue weighted by Crippen LogP contribution is 2.16. The summed E-state index contributed by atoms with van der Waals surface area (Å²) in [6.07, 6.45) is 2.87. The van der Waals surface area contributed by atoms with Crippen LogP contribution < -0.4 is 10.6 Å². The highest BCUT2D eigenvalue weighted by Gasteiger charge is 2.20. The summed E-state index contributed by atoms with van der Waals surface area (Å²) in [5, 5.41) is 5.22. The highest BCUT2D eigenvalue weighted by atomic mass is 16.5. The molecule has 0 fully saturated rings. The Kier molecular flexibility index (Phi) is 7.60. The molecule has 7 heteroatoms. The molecule has 0 saturated carbocycles. The number of aromatic nitrogens is 1. The predicted molar refractivity (Wildman–Crippen MR) is 79.7 cm³/mol. The van der Waals surface area contributed by atoms with Crippen LogP contribution in [0, 0.1) is 0 Å². The molecule has 2 amide bonds. The molecule has 0 radical (unpaired) electrons. The number of ether oxygens (including phenoxy) is 1. The molecular weight excluding hydrogens is 286 g/mol. The molecule has 0 saturated heterocycles. The lowest BCUT2D eigenvalue weighted by molar-refractivity contribution is -0.143. The van der Waals surface area contributed by atoms with E-state index in [2.05, 4.69) is 15.6 Å². The Bertz CT molecular complexity index is 505. The van der Waals surface area contributed by atoms with Gasteiger partial charge in [0, 0.05) is 18.9 Å². The van der Waals surface area contributed by atoms with Crippen molar-refractivity contribution < 1.29 is 19.1 Å². The summed E-state index contributed by atoms with van der Waals surface area (Å²) >= 11 is 0.